The van der Waals surface area contributed by atoms with Crippen molar-refractivity contribution in [2.75, 3.05) is 32.7 Å². The van der Waals surface area contributed by atoms with Crippen molar-refractivity contribution in [2.24, 2.45) is 0 Å². The van der Waals surface area contributed by atoms with Crippen LogP contribution in [0.15, 0.2) is 53.5 Å². The maximum atomic E-state index is 13.5. The molecule has 1 aliphatic heterocycles. The van der Waals surface area contributed by atoms with Crippen molar-refractivity contribution < 1.29 is 4.79 Å². The van der Waals surface area contributed by atoms with Gasteiger partial charge in [0.15, 0.2) is 0 Å². The molecule has 1 saturated heterocycles. The molecule has 30 heavy (non-hydrogen) atoms. The summed E-state index contributed by atoms with van der Waals surface area (Å²) in [5, 5.41) is 1.30. The maximum Gasteiger partial charge on any atom is 0.262 e. The Labute approximate surface area is 177 Å². The van der Waals surface area contributed by atoms with E-state index in [1.807, 2.05) is 54.3 Å². The number of amides is 1. The number of benzene rings is 2. The molecule has 3 aromatic rings. The van der Waals surface area contributed by atoms with Gasteiger partial charge in [-0.25, -0.2) is 0 Å². The summed E-state index contributed by atoms with van der Waals surface area (Å²) >= 11 is 0. The monoisotopic (exact) mass is 403 g/mol. The third-order valence-electron chi connectivity index (χ3n) is 6.12. The van der Waals surface area contributed by atoms with E-state index in [4.69, 9.17) is 0 Å². The van der Waals surface area contributed by atoms with Crippen LogP contribution in [0.1, 0.15) is 34.8 Å². The minimum atomic E-state index is -0.0989. The van der Waals surface area contributed by atoms with E-state index < -0.39 is 0 Å². The summed E-state index contributed by atoms with van der Waals surface area (Å²) in [6.07, 6.45) is 2.86. The minimum absolute atomic E-state index is 0.0000629. The van der Waals surface area contributed by atoms with Gasteiger partial charge in [-0.3, -0.25) is 19.1 Å². The van der Waals surface area contributed by atoms with Crippen molar-refractivity contribution in [1.29, 1.82) is 0 Å². The molecular weight excluding hydrogens is 374 g/mol. The molecule has 0 atom stereocenters. The molecule has 156 valence electrons. The fourth-order valence-electron chi connectivity index (χ4n) is 4.19. The van der Waals surface area contributed by atoms with E-state index in [1.165, 1.54) is 5.56 Å². The lowest BCUT2D eigenvalue weighted by atomic mass is 10.0. The Hall–Kier alpha value is -2.92. The number of piperazine rings is 1. The second-order valence-electron chi connectivity index (χ2n) is 8.17. The molecule has 2 heterocycles. The molecule has 4 rings (SSSR count). The first-order chi connectivity index (χ1) is 14.5. The molecule has 1 amide bonds. The number of hydrogen-bond donors (Lipinski definition) is 0. The van der Waals surface area contributed by atoms with Gasteiger partial charge in [0, 0.05) is 48.8 Å². The Morgan fingerprint density at radius 3 is 2.30 bits per heavy atom. The van der Waals surface area contributed by atoms with E-state index in [2.05, 4.69) is 18.7 Å². The molecule has 0 saturated carbocycles. The van der Waals surface area contributed by atoms with Gasteiger partial charge in [0.1, 0.15) is 0 Å². The van der Waals surface area contributed by atoms with Crippen molar-refractivity contribution >= 4 is 16.7 Å². The Morgan fingerprint density at radius 1 is 0.933 bits per heavy atom. The van der Waals surface area contributed by atoms with E-state index in [0.717, 1.165) is 55.8 Å². The zero-order chi connectivity index (χ0) is 21.3. The van der Waals surface area contributed by atoms with Gasteiger partial charge >= 0.3 is 0 Å². The SMILES string of the molecule is CCCN1CCN(C(=O)c2cn(-c3ccc(C)c(C)c3)c(=O)c3ccccc23)CC1. The molecule has 2 aromatic carbocycles. The Morgan fingerprint density at radius 2 is 1.63 bits per heavy atom. The van der Waals surface area contributed by atoms with E-state index in [1.54, 1.807) is 10.8 Å². The number of carbonyl (C=O) groups is 1. The number of rotatable bonds is 4. The zero-order valence-corrected chi connectivity index (χ0v) is 18.0. The van der Waals surface area contributed by atoms with Gasteiger partial charge in [-0.15, -0.1) is 0 Å². The van der Waals surface area contributed by atoms with Crippen molar-refractivity contribution in [2.45, 2.75) is 27.2 Å². The first-order valence-electron chi connectivity index (χ1n) is 10.7. The fraction of sp³-hybridized carbons (Fsp3) is 0.360. The van der Waals surface area contributed by atoms with Gasteiger partial charge in [0.2, 0.25) is 0 Å². The van der Waals surface area contributed by atoms with E-state index in [-0.39, 0.29) is 11.5 Å². The Kier molecular flexibility index (Phi) is 5.73. The average Bonchev–Trinajstić information content (AvgIpc) is 2.76. The molecule has 5 nitrogen and oxygen atoms in total. The highest BCUT2D eigenvalue weighted by Gasteiger charge is 2.24. The second kappa shape index (κ2) is 8.44. The van der Waals surface area contributed by atoms with Crippen molar-refractivity contribution in [3.63, 3.8) is 0 Å². The summed E-state index contributed by atoms with van der Waals surface area (Å²) in [5.74, 6) is -0.0000629. The summed E-state index contributed by atoms with van der Waals surface area (Å²) in [7, 11) is 0. The van der Waals surface area contributed by atoms with Gasteiger partial charge in [-0.2, -0.15) is 0 Å². The van der Waals surface area contributed by atoms with Crippen LogP contribution in [0.5, 0.6) is 0 Å². The van der Waals surface area contributed by atoms with E-state index in [0.29, 0.717) is 10.9 Å². The van der Waals surface area contributed by atoms with Gasteiger partial charge in [-0.05, 0) is 56.1 Å². The molecule has 1 aromatic heterocycles. The minimum Gasteiger partial charge on any atom is -0.336 e. The number of carbonyl (C=O) groups excluding carboxylic acids is 1. The summed E-state index contributed by atoms with van der Waals surface area (Å²) < 4.78 is 1.62. The van der Waals surface area contributed by atoms with Crippen molar-refractivity contribution in [1.82, 2.24) is 14.4 Å². The first-order valence-corrected chi connectivity index (χ1v) is 10.7. The van der Waals surface area contributed by atoms with Crippen LogP contribution >= 0.6 is 0 Å². The maximum absolute atomic E-state index is 13.5. The lowest BCUT2D eigenvalue weighted by Crippen LogP contribution is -2.49. The summed E-state index contributed by atoms with van der Waals surface area (Å²) in [6, 6.07) is 13.4. The van der Waals surface area contributed by atoms with Crippen LogP contribution in [-0.2, 0) is 0 Å². The van der Waals surface area contributed by atoms with Crippen LogP contribution in [0.3, 0.4) is 0 Å². The molecule has 5 heteroatoms. The van der Waals surface area contributed by atoms with Gasteiger partial charge in [0.25, 0.3) is 11.5 Å². The predicted molar refractivity (Wildman–Crippen MR) is 122 cm³/mol. The largest absolute Gasteiger partial charge is 0.336 e. The summed E-state index contributed by atoms with van der Waals surface area (Å²) in [4.78, 5) is 31.0. The number of aromatic nitrogens is 1. The Balaban J connectivity index is 1.78. The molecular formula is C25H29N3O2. The van der Waals surface area contributed by atoms with E-state index in [9.17, 15) is 9.59 Å². The molecule has 0 spiro atoms. The van der Waals surface area contributed by atoms with Crippen molar-refractivity contribution in [3.8, 4) is 5.69 Å². The number of aryl methyl sites for hydroxylation is 2. The van der Waals surface area contributed by atoms with Crippen molar-refractivity contribution in [3.05, 3.63) is 75.7 Å². The number of fused-ring (bicyclic) bond motifs is 1. The molecule has 0 radical (unpaired) electrons. The average molecular weight is 404 g/mol. The number of nitrogens with zero attached hydrogens (tertiary/aromatic N) is 3. The summed E-state index contributed by atoms with van der Waals surface area (Å²) in [5.41, 5.74) is 3.57. The van der Waals surface area contributed by atoms with Crippen LogP contribution in [0.4, 0.5) is 0 Å². The van der Waals surface area contributed by atoms with Gasteiger partial charge in [-0.1, -0.05) is 31.2 Å². The number of pyridine rings is 1. The highest BCUT2D eigenvalue weighted by molar-refractivity contribution is 6.06. The molecule has 0 bridgehead atoms. The normalized spacial score (nSPS) is 15.0. The highest BCUT2D eigenvalue weighted by Crippen LogP contribution is 2.21. The van der Waals surface area contributed by atoms with Gasteiger partial charge < -0.3 is 4.90 Å². The lowest BCUT2D eigenvalue weighted by molar-refractivity contribution is 0.0639. The smallest absolute Gasteiger partial charge is 0.262 e. The van der Waals surface area contributed by atoms with Crippen LogP contribution in [0, 0.1) is 13.8 Å². The standard InChI is InChI=1S/C25H29N3O2/c1-4-11-26-12-14-27(15-13-26)24(29)23-17-28(20-10-9-18(2)19(3)16-20)25(30)22-8-6-5-7-21(22)23/h5-10,16-17H,4,11-15H2,1-3H3. The molecule has 0 N–H and O–H groups in total. The first kappa shape index (κ1) is 20.4. The van der Waals surface area contributed by atoms with Crippen LogP contribution in [-0.4, -0.2) is 53.0 Å². The lowest BCUT2D eigenvalue weighted by Gasteiger charge is -2.34. The Bertz CT molecular complexity index is 1140. The quantitative estimate of drug-likeness (QED) is 0.666. The second-order valence-corrected chi connectivity index (χ2v) is 8.17. The van der Waals surface area contributed by atoms with Crippen LogP contribution in [0.2, 0.25) is 0 Å². The van der Waals surface area contributed by atoms with Crippen LogP contribution < -0.4 is 5.56 Å². The molecule has 0 unspecified atom stereocenters. The molecule has 1 aliphatic rings. The van der Waals surface area contributed by atoms with Crippen LogP contribution in [0.25, 0.3) is 16.5 Å². The third kappa shape index (κ3) is 3.77. The zero-order valence-electron chi connectivity index (χ0n) is 18.0. The molecule has 1 fully saturated rings. The number of hydrogen-bond acceptors (Lipinski definition) is 3. The van der Waals surface area contributed by atoms with E-state index >= 15 is 0 Å². The highest BCUT2D eigenvalue weighted by atomic mass is 16.2. The fourth-order valence-corrected chi connectivity index (χ4v) is 4.19. The molecule has 0 aliphatic carbocycles. The summed E-state index contributed by atoms with van der Waals surface area (Å²) in [6.45, 7) is 10.6. The predicted octanol–water partition coefficient (Wildman–Crippen LogP) is 3.78. The third-order valence-corrected chi connectivity index (χ3v) is 6.12. The topological polar surface area (TPSA) is 45.5 Å². The van der Waals surface area contributed by atoms with Gasteiger partial charge in [0.05, 0.1) is 5.56 Å².